The molecule has 6 nitrogen and oxygen atoms in total. The maximum Gasteiger partial charge on any atom is 0.322 e. The molecule has 0 aromatic heterocycles. The van der Waals surface area contributed by atoms with Gasteiger partial charge in [0.05, 0.1) is 11.8 Å². The van der Waals surface area contributed by atoms with E-state index in [1.54, 1.807) is 24.3 Å². The normalized spacial score (nSPS) is 10.9. The van der Waals surface area contributed by atoms with Crippen LogP contribution < -0.4 is 10.6 Å². The number of amides is 2. The number of carboxylic acid groups (broad SMARTS) is 1. The van der Waals surface area contributed by atoms with Crippen LogP contribution in [0.5, 0.6) is 0 Å². The van der Waals surface area contributed by atoms with Crippen molar-refractivity contribution in [2.45, 2.75) is 32.6 Å². The predicted octanol–water partition coefficient (Wildman–Crippen LogP) is 2.65. The van der Waals surface area contributed by atoms with Crippen LogP contribution in [-0.2, 0) is 26.2 Å². The zero-order chi connectivity index (χ0) is 20.0. The van der Waals surface area contributed by atoms with E-state index < -0.39 is 17.9 Å². The van der Waals surface area contributed by atoms with Crippen molar-refractivity contribution in [2.24, 2.45) is 0 Å². The molecule has 0 aliphatic rings. The molecule has 0 atom stereocenters. The summed E-state index contributed by atoms with van der Waals surface area (Å²) in [6.45, 7) is 5.34. The zero-order valence-corrected chi connectivity index (χ0v) is 15.7. The quantitative estimate of drug-likeness (QED) is 0.700. The first kappa shape index (κ1) is 20.2. The Morgan fingerprint density at radius 3 is 2.11 bits per heavy atom. The maximum absolute atomic E-state index is 12.7. The number of benzene rings is 2. The van der Waals surface area contributed by atoms with E-state index in [0.29, 0.717) is 5.69 Å². The molecule has 3 N–H and O–H groups in total. The van der Waals surface area contributed by atoms with Gasteiger partial charge in [-0.3, -0.25) is 14.4 Å². The summed E-state index contributed by atoms with van der Waals surface area (Å²) in [6.07, 6.45) is 0.0797. The standard InChI is InChI=1S/C21H24N2O4/c1-14-4-8-16(9-5-14)21(2,3)20(27)23-17-10-6-15(7-11-17)12-18(24)22-13-19(25)26/h4-11H,12-13H2,1-3H3,(H,22,24)(H,23,27)(H,25,26). The Labute approximate surface area is 158 Å². The third-order valence-corrected chi connectivity index (χ3v) is 4.35. The van der Waals surface area contributed by atoms with E-state index in [-0.39, 0.29) is 18.2 Å². The monoisotopic (exact) mass is 368 g/mol. The number of carbonyl (C=O) groups excluding carboxylic acids is 2. The molecule has 0 aliphatic heterocycles. The molecule has 0 heterocycles. The second kappa shape index (κ2) is 8.49. The number of aryl methyl sites for hydroxylation is 1. The van der Waals surface area contributed by atoms with E-state index in [0.717, 1.165) is 16.7 Å². The van der Waals surface area contributed by atoms with Gasteiger partial charge < -0.3 is 15.7 Å². The van der Waals surface area contributed by atoms with Gasteiger partial charge in [0.2, 0.25) is 11.8 Å². The van der Waals surface area contributed by atoms with Crippen LogP contribution in [0.2, 0.25) is 0 Å². The molecule has 0 radical (unpaired) electrons. The third-order valence-electron chi connectivity index (χ3n) is 4.35. The van der Waals surface area contributed by atoms with E-state index in [4.69, 9.17) is 5.11 Å². The van der Waals surface area contributed by atoms with E-state index in [1.165, 1.54) is 0 Å². The van der Waals surface area contributed by atoms with Gasteiger partial charge in [-0.2, -0.15) is 0 Å². The molecule has 0 saturated carbocycles. The largest absolute Gasteiger partial charge is 0.480 e. The molecular weight excluding hydrogens is 344 g/mol. The summed E-state index contributed by atoms with van der Waals surface area (Å²) in [5.74, 6) is -1.58. The van der Waals surface area contributed by atoms with Crippen LogP contribution in [-0.4, -0.2) is 29.4 Å². The second-order valence-corrected chi connectivity index (χ2v) is 6.99. The molecule has 2 amide bonds. The molecule has 0 unspecified atom stereocenters. The summed E-state index contributed by atoms with van der Waals surface area (Å²) >= 11 is 0. The smallest absolute Gasteiger partial charge is 0.322 e. The second-order valence-electron chi connectivity index (χ2n) is 6.99. The van der Waals surface area contributed by atoms with Crippen LogP contribution >= 0.6 is 0 Å². The van der Waals surface area contributed by atoms with Crippen molar-refractivity contribution in [1.82, 2.24) is 5.32 Å². The van der Waals surface area contributed by atoms with Crippen molar-refractivity contribution >= 4 is 23.5 Å². The van der Waals surface area contributed by atoms with Gasteiger partial charge in [-0.25, -0.2) is 0 Å². The molecular formula is C21H24N2O4. The lowest BCUT2D eigenvalue weighted by Gasteiger charge is -2.24. The molecule has 0 aliphatic carbocycles. The minimum absolute atomic E-state index is 0.0797. The first-order valence-corrected chi connectivity index (χ1v) is 8.64. The Kier molecular flexibility index (Phi) is 6.34. The average molecular weight is 368 g/mol. The Balaban J connectivity index is 1.99. The summed E-state index contributed by atoms with van der Waals surface area (Å²) in [7, 11) is 0. The molecule has 27 heavy (non-hydrogen) atoms. The number of anilines is 1. The van der Waals surface area contributed by atoms with E-state index in [9.17, 15) is 14.4 Å². The van der Waals surface area contributed by atoms with Gasteiger partial charge >= 0.3 is 5.97 Å². The van der Waals surface area contributed by atoms with Crippen molar-refractivity contribution in [3.8, 4) is 0 Å². The first-order chi connectivity index (χ1) is 12.7. The van der Waals surface area contributed by atoms with Gasteiger partial charge in [-0.15, -0.1) is 0 Å². The highest BCUT2D eigenvalue weighted by molar-refractivity contribution is 5.98. The molecule has 0 bridgehead atoms. The van der Waals surface area contributed by atoms with Gasteiger partial charge in [-0.05, 0) is 44.0 Å². The summed E-state index contributed by atoms with van der Waals surface area (Å²) < 4.78 is 0. The van der Waals surface area contributed by atoms with Gasteiger partial charge in [0, 0.05) is 5.69 Å². The average Bonchev–Trinajstić information content (AvgIpc) is 2.62. The van der Waals surface area contributed by atoms with Gasteiger partial charge in [0.25, 0.3) is 0 Å². The molecule has 0 saturated heterocycles. The number of hydrogen-bond donors (Lipinski definition) is 3. The summed E-state index contributed by atoms with van der Waals surface area (Å²) in [6, 6.07) is 14.8. The number of carbonyl (C=O) groups is 3. The SMILES string of the molecule is Cc1ccc(C(C)(C)C(=O)Nc2ccc(CC(=O)NCC(=O)O)cc2)cc1. The van der Waals surface area contributed by atoms with E-state index in [2.05, 4.69) is 10.6 Å². The number of carboxylic acids is 1. The number of nitrogens with one attached hydrogen (secondary N) is 2. The van der Waals surface area contributed by atoms with Gasteiger partial charge in [-0.1, -0.05) is 42.0 Å². The van der Waals surface area contributed by atoms with E-state index in [1.807, 2.05) is 45.0 Å². The molecule has 2 aromatic rings. The summed E-state index contributed by atoms with van der Waals surface area (Å²) in [5, 5.41) is 13.8. The van der Waals surface area contributed by atoms with Gasteiger partial charge in [0.15, 0.2) is 0 Å². The Hall–Kier alpha value is -3.15. The first-order valence-electron chi connectivity index (χ1n) is 8.64. The Morgan fingerprint density at radius 2 is 1.56 bits per heavy atom. The van der Waals surface area contributed by atoms with Crippen LogP contribution in [0, 0.1) is 6.92 Å². The lowest BCUT2D eigenvalue weighted by Crippen LogP contribution is -2.34. The highest BCUT2D eigenvalue weighted by Crippen LogP contribution is 2.25. The molecule has 0 fully saturated rings. The minimum Gasteiger partial charge on any atom is -0.480 e. The lowest BCUT2D eigenvalue weighted by molar-refractivity contribution is -0.137. The lowest BCUT2D eigenvalue weighted by atomic mass is 9.83. The fourth-order valence-corrected chi connectivity index (χ4v) is 2.52. The molecule has 0 spiro atoms. The highest BCUT2D eigenvalue weighted by atomic mass is 16.4. The van der Waals surface area contributed by atoms with Crippen molar-refractivity contribution < 1.29 is 19.5 Å². The highest BCUT2D eigenvalue weighted by Gasteiger charge is 2.29. The Morgan fingerprint density at radius 1 is 0.963 bits per heavy atom. The predicted molar refractivity (Wildman–Crippen MR) is 104 cm³/mol. The summed E-state index contributed by atoms with van der Waals surface area (Å²) in [5.41, 5.74) is 2.74. The van der Waals surface area contributed by atoms with Crippen molar-refractivity contribution in [2.75, 3.05) is 11.9 Å². The molecule has 2 rings (SSSR count). The van der Waals surface area contributed by atoms with Crippen LogP contribution in [0.3, 0.4) is 0 Å². The zero-order valence-electron chi connectivity index (χ0n) is 15.7. The molecule has 2 aromatic carbocycles. The van der Waals surface area contributed by atoms with Crippen molar-refractivity contribution in [1.29, 1.82) is 0 Å². The fourth-order valence-electron chi connectivity index (χ4n) is 2.52. The summed E-state index contributed by atoms with van der Waals surface area (Å²) in [4.78, 5) is 34.8. The molecule has 6 heteroatoms. The van der Waals surface area contributed by atoms with Crippen LogP contribution in [0.25, 0.3) is 0 Å². The van der Waals surface area contributed by atoms with E-state index >= 15 is 0 Å². The van der Waals surface area contributed by atoms with Crippen molar-refractivity contribution in [3.63, 3.8) is 0 Å². The minimum atomic E-state index is -1.09. The topological polar surface area (TPSA) is 95.5 Å². The number of hydrogen-bond acceptors (Lipinski definition) is 3. The number of rotatable bonds is 7. The fraction of sp³-hybridized carbons (Fsp3) is 0.286. The van der Waals surface area contributed by atoms with Crippen molar-refractivity contribution in [3.05, 3.63) is 65.2 Å². The third kappa shape index (κ3) is 5.67. The van der Waals surface area contributed by atoms with Crippen LogP contribution in [0.4, 0.5) is 5.69 Å². The Bertz CT molecular complexity index is 824. The van der Waals surface area contributed by atoms with Crippen LogP contribution in [0.15, 0.2) is 48.5 Å². The molecule has 142 valence electrons. The van der Waals surface area contributed by atoms with Crippen LogP contribution in [0.1, 0.15) is 30.5 Å². The maximum atomic E-state index is 12.7. The number of aliphatic carboxylic acids is 1. The van der Waals surface area contributed by atoms with Gasteiger partial charge in [0.1, 0.15) is 6.54 Å².